The van der Waals surface area contributed by atoms with E-state index in [1.807, 2.05) is 29.6 Å². The lowest BCUT2D eigenvalue weighted by atomic mass is 10.2. The molecular formula is C19H14N4O4S3. The van der Waals surface area contributed by atoms with E-state index in [2.05, 4.69) is 15.3 Å². The van der Waals surface area contributed by atoms with Crippen LogP contribution >= 0.6 is 34.4 Å². The number of nitrogens with one attached hydrogen (secondary N) is 1. The Morgan fingerprint density at radius 1 is 1.23 bits per heavy atom. The maximum absolute atomic E-state index is 12.3. The highest BCUT2D eigenvalue weighted by Crippen LogP contribution is 2.32. The Hall–Kier alpha value is -3.02. The van der Waals surface area contributed by atoms with Crippen molar-refractivity contribution in [2.45, 2.75) is 4.34 Å². The summed E-state index contributed by atoms with van der Waals surface area (Å²) in [6, 6.07) is 12.1. The molecule has 8 nitrogen and oxygen atoms in total. The fourth-order valence-corrected chi connectivity index (χ4v) is 5.21. The number of non-ortho nitro benzene ring substituents is 1. The zero-order valence-corrected chi connectivity index (χ0v) is 18.0. The Morgan fingerprint density at radius 2 is 2.03 bits per heavy atom. The van der Waals surface area contributed by atoms with E-state index in [1.54, 1.807) is 13.2 Å². The molecular weight excluding hydrogens is 444 g/mol. The van der Waals surface area contributed by atoms with E-state index in [-0.39, 0.29) is 17.3 Å². The highest BCUT2D eigenvalue weighted by molar-refractivity contribution is 8.01. The molecule has 0 atom stereocenters. The highest BCUT2D eigenvalue weighted by atomic mass is 32.2. The van der Waals surface area contributed by atoms with Crippen molar-refractivity contribution in [1.29, 1.82) is 0 Å². The van der Waals surface area contributed by atoms with Crippen molar-refractivity contribution in [3.05, 3.63) is 58.0 Å². The van der Waals surface area contributed by atoms with Gasteiger partial charge in [-0.2, -0.15) is 0 Å². The van der Waals surface area contributed by atoms with Crippen LogP contribution in [-0.4, -0.2) is 33.7 Å². The Bertz CT molecular complexity index is 1220. The molecule has 30 heavy (non-hydrogen) atoms. The van der Waals surface area contributed by atoms with Crippen LogP contribution in [0.15, 0.2) is 52.2 Å². The minimum Gasteiger partial charge on any atom is -0.497 e. The molecule has 0 aliphatic rings. The second-order valence-electron chi connectivity index (χ2n) is 5.99. The number of hydrogen-bond donors (Lipinski definition) is 1. The first-order valence-corrected chi connectivity index (χ1v) is 11.3. The van der Waals surface area contributed by atoms with Crippen molar-refractivity contribution in [2.24, 2.45) is 0 Å². The topological polar surface area (TPSA) is 107 Å². The van der Waals surface area contributed by atoms with Crippen LogP contribution < -0.4 is 10.1 Å². The predicted molar refractivity (Wildman–Crippen MR) is 120 cm³/mol. The van der Waals surface area contributed by atoms with Crippen molar-refractivity contribution in [3.8, 4) is 17.0 Å². The SMILES string of the molecule is COc1ccc(-c2csc(NC(=O)CSc3nc4ccc([N+](=O)[O-])cc4s3)n2)cc1. The molecule has 0 fully saturated rings. The first-order chi connectivity index (χ1) is 14.5. The fourth-order valence-electron chi connectivity index (χ4n) is 2.58. The highest BCUT2D eigenvalue weighted by Gasteiger charge is 2.13. The molecule has 152 valence electrons. The maximum Gasteiger partial charge on any atom is 0.270 e. The van der Waals surface area contributed by atoms with Crippen LogP contribution in [-0.2, 0) is 4.79 Å². The molecule has 4 rings (SSSR count). The average molecular weight is 459 g/mol. The molecule has 2 aromatic heterocycles. The number of nitro benzene ring substituents is 1. The van der Waals surface area contributed by atoms with Gasteiger partial charge in [0.05, 0.1) is 33.7 Å². The van der Waals surface area contributed by atoms with E-state index in [0.717, 1.165) is 21.7 Å². The largest absolute Gasteiger partial charge is 0.497 e. The smallest absolute Gasteiger partial charge is 0.270 e. The number of carbonyl (C=O) groups excluding carboxylic acids is 1. The summed E-state index contributed by atoms with van der Waals surface area (Å²) in [6.45, 7) is 0. The molecule has 1 amide bonds. The number of benzene rings is 2. The van der Waals surface area contributed by atoms with Crippen LogP contribution in [0.5, 0.6) is 5.75 Å². The Labute approximate surface area is 183 Å². The minimum atomic E-state index is -0.437. The number of methoxy groups -OCH3 is 1. The number of rotatable bonds is 7. The summed E-state index contributed by atoms with van der Waals surface area (Å²) in [6.07, 6.45) is 0. The van der Waals surface area contributed by atoms with Crippen LogP contribution in [0, 0.1) is 10.1 Å². The first kappa shape index (κ1) is 20.3. The molecule has 1 N–H and O–H groups in total. The van der Waals surface area contributed by atoms with Crippen molar-refractivity contribution in [3.63, 3.8) is 0 Å². The van der Waals surface area contributed by atoms with Gasteiger partial charge in [0.1, 0.15) is 5.75 Å². The van der Waals surface area contributed by atoms with E-state index in [9.17, 15) is 14.9 Å². The number of nitrogens with zero attached hydrogens (tertiary/aromatic N) is 3. The van der Waals surface area contributed by atoms with Gasteiger partial charge in [-0.15, -0.1) is 22.7 Å². The van der Waals surface area contributed by atoms with Gasteiger partial charge >= 0.3 is 0 Å². The number of thioether (sulfide) groups is 1. The Kier molecular flexibility index (Phi) is 5.93. The molecule has 0 aliphatic heterocycles. The van der Waals surface area contributed by atoms with Gasteiger partial charge in [0.15, 0.2) is 9.47 Å². The van der Waals surface area contributed by atoms with Crippen molar-refractivity contribution in [2.75, 3.05) is 18.2 Å². The van der Waals surface area contributed by atoms with Gasteiger partial charge < -0.3 is 10.1 Å². The van der Waals surface area contributed by atoms with Gasteiger partial charge in [0.2, 0.25) is 5.91 Å². The van der Waals surface area contributed by atoms with Crippen LogP contribution in [0.2, 0.25) is 0 Å². The summed E-state index contributed by atoms with van der Waals surface area (Å²) in [4.78, 5) is 31.6. The molecule has 0 saturated heterocycles. The van der Waals surface area contributed by atoms with Crippen molar-refractivity contribution >= 4 is 61.4 Å². The molecule has 0 radical (unpaired) electrons. The molecule has 0 aliphatic carbocycles. The summed E-state index contributed by atoms with van der Waals surface area (Å²) in [5.41, 5.74) is 2.42. The normalized spacial score (nSPS) is 10.8. The van der Waals surface area contributed by atoms with E-state index in [4.69, 9.17) is 4.74 Å². The summed E-state index contributed by atoms with van der Waals surface area (Å²) in [5, 5.41) is 16.1. The number of hydrogen-bond acceptors (Lipinski definition) is 9. The zero-order chi connectivity index (χ0) is 21.1. The summed E-state index contributed by atoms with van der Waals surface area (Å²) < 4.78 is 6.55. The van der Waals surface area contributed by atoms with Gasteiger partial charge in [-0.1, -0.05) is 11.8 Å². The molecule has 2 heterocycles. The van der Waals surface area contributed by atoms with Crippen molar-refractivity contribution in [1.82, 2.24) is 9.97 Å². The third-order valence-corrected chi connectivity index (χ3v) is 6.95. The average Bonchev–Trinajstić information content (AvgIpc) is 3.38. The van der Waals surface area contributed by atoms with E-state index >= 15 is 0 Å². The second kappa shape index (κ2) is 8.78. The molecule has 2 aromatic carbocycles. The third kappa shape index (κ3) is 4.58. The van der Waals surface area contributed by atoms with Crippen LogP contribution in [0.1, 0.15) is 0 Å². The fraction of sp³-hybridized carbons (Fsp3) is 0.105. The quantitative estimate of drug-likeness (QED) is 0.234. The molecule has 0 unspecified atom stereocenters. The van der Waals surface area contributed by atoms with Gasteiger partial charge in [-0.25, -0.2) is 9.97 Å². The maximum atomic E-state index is 12.3. The Morgan fingerprint density at radius 3 is 2.77 bits per heavy atom. The summed E-state index contributed by atoms with van der Waals surface area (Å²) >= 11 is 3.96. The van der Waals surface area contributed by atoms with Gasteiger partial charge in [-0.3, -0.25) is 14.9 Å². The standard InChI is InChI=1S/C19H14N4O4S3/c1-27-13-5-2-11(3-6-13)15-9-28-18(20-15)22-17(24)10-29-19-21-14-7-4-12(23(25)26)8-16(14)30-19/h2-9H,10H2,1H3,(H,20,22,24). The van der Waals surface area contributed by atoms with Crippen LogP contribution in [0.25, 0.3) is 21.5 Å². The van der Waals surface area contributed by atoms with Gasteiger partial charge in [-0.05, 0) is 30.3 Å². The first-order valence-electron chi connectivity index (χ1n) is 8.59. The molecule has 11 heteroatoms. The summed E-state index contributed by atoms with van der Waals surface area (Å²) in [5.74, 6) is 0.740. The third-order valence-electron chi connectivity index (χ3n) is 4.03. The number of nitro groups is 1. The predicted octanol–water partition coefficient (Wildman–Crippen LogP) is 5.07. The lowest BCUT2D eigenvalue weighted by Gasteiger charge is -2.01. The Balaban J connectivity index is 1.36. The van der Waals surface area contributed by atoms with E-state index in [1.165, 1.54) is 46.6 Å². The monoisotopic (exact) mass is 458 g/mol. The number of carbonyl (C=O) groups is 1. The van der Waals surface area contributed by atoms with Gasteiger partial charge in [0.25, 0.3) is 5.69 Å². The number of ether oxygens (including phenoxy) is 1. The van der Waals surface area contributed by atoms with E-state index < -0.39 is 4.92 Å². The van der Waals surface area contributed by atoms with Gasteiger partial charge in [0, 0.05) is 23.1 Å². The molecule has 4 aromatic rings. The second-order valence-corrected chi connectivity index (χ2v) is 9.10. The van der Waals surface area contributed by atoms with Crippen molar-refractivity contribution < 1.29 is 14.5 Å². The van der Waals surface area contributed by atoms with Crippen LogP contribution in [0.4, 0.5) is 10.8 Å². The number of anilines is 1. The molecule has 0 saturated carbocycles. The minimum absolute atomic E-state index is 0.0249. The number of fused-ring (bicyclic) bond motifs is 1. The van der Waals surface area contributed by atoms with E-state index in [0.29, 0.717) is 15.0 Å². The molecule has 0 spiro atoms. The number of thiazole rings is 2. The lowest BCUT2D eigenvalue weighted by molar-refractivity contribution is -0.384. The number of amides is 1. The number of aromatic nitrogens is 2. The lowest BCUT2D eigenvalue weighted by Crippen LogP contribution is -2.13. The molecule has 0 bridgehead atoms. The summed E-state index contributed by atoms with van der Waals surface area (Å²) in [7, 11) is 1.61. The van der Waals surface area contributed by atoms with Crippen LogP contribution in [0.3, 0.4) is 0 Å². The zero-order valence-electron chi connectivity index (χ0n) is 15.5.